The van der Waals surface area contributed by atoms with Gasteiger partial charge in [0.15, 0.2) is 0 Å². The first-order chi connectivity index (χ1) is 8.61. The first-order valence-electron chi connectivity index (χ1n) is 6.04. The molecule has 92 valence electrons. The number of fused-ring (bicyclic) bond motifs is 3. The normalized spacial score (nSPS) is 11.6. The minimum absolute atomic E-state index is 0.975. The molecular weight excluding hydrogens is 290 g/mol. The predicted octanol–water partition coefficient (Wildman–Crippen LogP) is 3.82. The van der Waals surface area contributed by atoms with Gasteiger partial charge in [0.05, 0.1) is 23.1 Å². The quantitative estimate of drug-likeness (QED) is 0.684. The van der Waals surface area contributed by atoms with Crippen LogP contribution in [0.4, 0.5) is 0 Å². The van der Waals surface area contributed by atoms with E-state index >= 15 is 0 Å². The molecule has 0 aliphatic carbocycles. The van der Waals surface area contributed by atoms with Gasteiger partial charge in [-0.15, -0.1) is 0 Å². The lowest BCUT2D eigenvalue weighted by Crippen LogP contribution is -1.97. The van der Waals surface area contributed by atoms with Gasteiger partial charge in [-0.25, -0.2) is 4.98 Å². The molecule has 3 heterocycles. The molecule has 18 heavy (non-hydrogen) atoms. The van der Waals surface area contributed by atoms with Crippen molar-refractivity contribution in [3.05, 3.63) is 40.0 Å². The maximum atomic E-state index is 4.68. The Morgan fingerprint density at radius 2 is 2.06 bits per heavy atom. The number of nitrogens with zero attached hydrogens (tertiary/aromatic N) is 3. The van der Waals surface area contributed by atoms with E-state index < -0.39 is 0 Å². The molecule has 0 aromatic carbocycles. The van der Waals surface area contributed by atoms with Crippen LogP contribution in [-0.2, 0) is 6.42 Å². The second-order valence-electron chi connectivity index (χ2n) is 4.55. The van der Waals surface area contributed by atoms with Crippen LogP contribution < -0.4 is 0 Å². The van der Waals surface area contributed by atoms with Crippen molar-refractivity contribution >= 4 is 32.3 Å². The fourth-order valence-electron chi connectivity index (χ4n) is 2.41. The van der Waals surface area contributed by atoms with Gasteiger partial charge in [0, 0.05) is 21.2 Å². The highest BCUT2D eigenvalue weighted by atomic mass is 79.9. The van der Waals surface area contributed by atoms with Crippen LogP contribution in [0, 0.1) is 13.8 Å². The Labute approximate surface area is 114 Å². The third-order valence-corrected chi connectivity index (χ3v) is 3.95. The summed E-state index contributed by atoms with van der Waals surface area (Å²) in [6.45, 7) is 6.21. The average Bonchev–Trinajstić information content (AvgIpc) is 2.71. The first-order valence-corrected chi connectivity index (χ1v) is 6.83. The number of hydrogen-bond donors (Lipinski definition) is 0. The Morgan fingerprint density at radius 1 is 1.28 bits per heavy atom. The first kappa shape index (κ1) is 11.7. The van der Waals surface area contributed by atoms with Crippen LogP contribution in [0.2, 0.25) is 0 Å². The Balaban J connectivity index is 2.62. The molecule has 0 unspecified atom stereocenters. The molecule has 3 aromatic rings. The summed E-state index contributed by atoms with van der Waals surface area (Å²) >= 11 is 3.64. The van der Waals surface area contributed by atoms with E-state index in [4.69, 9.17) is 0 Å². The van der Waals surface area contributed by atoms with Gasteiger partial charge in [0.1, 0.15) is 0 Å². The van der Waals surface area contributed by atoms with E-state index in [-0.39, 0.29) is 0 Å². The lowest BCUT2D eigenvalue weighted by molar-refractivity contribution is 0.976. The van der Waals surface area contributed by atoms with Crippen molar-refractivity contribution in [3.8, 4) is 0 Å². The van der Waals surface area contributed by atoms with Crippen LogP contribution >= 0.6 is 15.9 Å². The number of hydrogen-bond acceptors (Lipinski definition) is 2. The summed E-state index contributed by atoms with van der Waals surface area (Å²) in [6.07, 6.45) is 2.86. The topological polar surface area (TPSA) is 30.2 Å². The van der Waals surface area contributed by atoms with Gasteiger partial charge in [0.25, 0.3) is 0 Å². The number of halogens is 1. The molecule has 3 nitrogen and oxygen atoms in total. The lowest BCUT2D eigenvalue weighted by Gasteiger charge is -2.09. The van der Waals surface area contributed by atoms with Crippen molar-refractivity contribution in [2.45, 2.75) is 27.2 Å². The summed E-state index contributed by atoms with van der Waals surface area (Å²) in [5.74, 6) is 0. The molecule has 0 N–H and O–H groups in total. The average molecular weight is 304 g/mol. The van der Waals surface area contributed by atoms with Gasteiger partial charge in [0.2, 0.25) is 0 Å². The third-order valence-electron chi connectivity index (χ3n) is 3.29. The molecule has 0 saturated carbocycles. The largest absolute Gasteiger partial charge is 0.301 e. The highest BCUT2D eigenvalue weighted by Gasteiger charge is 2.12. The van der Waals surface area contributed by atoms with E-state index in [0.29, 0.717) is 0 Å². The van der Waals surface area contributed by atoms with Crippen LogP contribution in [0.5, 0.6) is 0 Å². The second kappa shape index (κ2) is 4.05. The minimum Gasteiger partial charge on any atom is -0.301 e. The predicted molar refractivity (Wildman–Crippen MR) is 77.0 cm³/mol. The monoisotopic (exact) mass is 303 g/mol. The number of aryl methyl sites for hydroxylation is 3. The zero-order valence-corrected chi connectivity index (χ0v) is 12.2. The molecule has 3 aromatic heterocycles. The van der Waals surface area contributed by atoms with Gasteiger partial charge < -0.3 is 4.40 Å². The van der Waals surface area contributed by atoms with Crippen molar-refractivity contribution in [1.82, 2.24) is 14.4 Å². The maximum absolute atomic E-state index is 4.68. The molecule has 0 saturated heterocycles. The molecule has 0 spiro atoms. The molecule has 0 amide bonds. The zero-order chi connectivity index (χ0) is 12.9. The standard InChI is InChI=1S/C14H14BrN3/c1-4-10-6-11-12(15)5-8(2)17-13(11)14-9(3)16-7-18(10)14/h5-7H,4H2,1-3H3. The number of rotatable bonds is 1. The summed E-state index contributed by atoms with van der Waals surface area (Å²) in [5.41, 5.74) is 5.44. The molecule has 0 aliphatic rings. The fourth-order valence-corrected chi connectivity index (χ4v) is 3.04. The van der Waals surface area contributed by atoms with E-state index in [2.05, 4.69) is 49.4 Å². The van der Waals surface area contributed by atoms with Crippen LogP contribution in [0.1, 0.15) is 24.0 Å². The van der Waals surface area contributed by atoms with Gasteiger partial charge in [-0.3, -0.25) is 4.98 Å². The van der Waals surface area contributed by atoms with Gasteiger partial charge >= 0.3 is 0 Å². The second-order valence-corrected chi connectivity index (χ2v) is 5.40. The van der Waals surface area contributed by atoms with Crippen molar-refractivity contribution in [2.24, 2.45) is 0 Å². The highest BCUT2D eigenvalue weighted by molar-refractivity contribution is 9.10. The number of aromatic nitrogens is 3. The molecule has 0 fully saturated rings. The molecule has 0 atom stereocenters. The molecular formula is C14H14BrN3. The Hall–Kier alpha value is -1.42. The third kappa shape index (κ3) is 1.56. The summed E-state index contributed by atoms with van der Waals surface area (Å²) in [7, 11) is 0. The fraction of sp³-hybridized carbons (Fsp3) is 0.286. The Bertz CT molecular complexity index is 759. The van der Waals surface area contributed by atoms with E-state index in [0.717, 1.165) is 38.7 Å². The van der Waals surface area contributed by atoms with Crippen molar-refractivity contribution < 1.29 is 0 Å². The van der Waals surface area contributed by atoms with Gasteiger partial charge in [-0.2, -0.15) is 0 Å². The van der Waals surface area contributed by atoms with E-state index in [1.54, 1.807) is 0 Å². The molecule has 0 aliphatic heterocycles. The van der Waals surface area contributed by atoms with Crippen LogP contribution in [0.15, 0.2) is 22.9 Å². The van der Waals surface area contributed by atoms with Gasteiger partial charge in [-0.1, -0.05) is 22.9 Å². The smallest absolute Gasteiger partial charge is 0.0998 e. The van der Waals surface area contributed by atoms with Crippen molar-refractivity contribution in [1.29, 1.82) is 0 Å². The van der Waals surface area contributed by atoms with Gasteiger partial charge in [-0.05, 0) is 32.4 Å². The van der Waals surface area contributed by atoms with Crippen molar-refractivity contribution in [2.75, 3.05) is 0 Å². The minimum atomic E-state index is 0.975. The summed E-state index contributed by atoms with van der Waals surface area (Å²) < 4.78 is 3.25. The van der Waals surface area contributed by atoms with E-state index in [1.807, 2.05) is 20.2 Å². The number of pyridine rings is 2. The Kier molecular flexibility index (Phi) is 2.63. The van der Waals surface area contributed by atoms with Crippen LogP contribution in [0.3, 0.4) is 0 Å². The molecule has 3 rings (SSSR count). The summed E-state index contributed by atoms with van der Waals surface area (Å²) in [4.78, 5) is 9.10. The zero-order valence-electron chi connectivity index (χ0n) is 10.7. The van der Waals surface area contributed by atoms with E-state index in [9.17, 15) is 0 Å². The van der Waals surface area contributed by atoms with Crippen LogP contribution in [-0.4, -0.2) is 14.4 Å². The van der Waals surface area contributed by atoms with Crippen LogP contribution in [0.25, 0.3) is 16.4 Å². The SMILES string of the molecule is CCc1cc2c(Br)cc(C)nc2c2c(C)ncn12. The molecule has 0 radical (unpaired) electrons. The summed E-state index contributed by atoms with van der Waals surface area (Å²) in [6, 6.07) is 4.25. The Morgan fingerprint density at radius 3 is 2.78 bits per heavy atom. The molecule has 0 bridgehead atoms. The highest BCUT2D eigenvalue weighted by Crippen LogP contribution is 2.29. The molecule has 4 heteroatoms. The number of imidazole rings is 1. The summed E-state index contributed by atoms with van der Waals surface area (Å²) in [5, 5.41) is 1.16. The van der Waals surface area contributed by atoms with Crippen molar-refractivity contribution in [3.63, 3.8) is 0 Å². The maximum Gasteiger partial charge on any atom is 0.0998 e. The lowest BCUT2D eigenvalue weighted by atomic mass is 10.1. The van der Waals surface area contributed by atoms with E-state index in [1.165, 1.54) is 5.69 Å².